The summed E-state index contributed by atoms with van der Waals surface area (Å²) in [6.07, 6.45) is 0. The fourth-order valence-corrected chi connectivity index (χ4v) is 3.17. The molecular weight excluding hydrogens is 350 g/mol. The number of carbonyl (C=O) groups is 1. The van der Waals surface area contributed by atoms with Gasteiger partial charge in [0.05, 0.1) is 18.0 Å². The summed E-state index contributed by atoms with van der Waals surface area (Å²) in [7, 11) is 1.61. The molecule has 1 N–H and O–H groups in total. The number of ether oxygens (including phenoxy) is 1. The molecule has 5 heteroatoms. The van der Waals surface area contributed by atoms with Gasteiger partial charge in [-0.2, -0.15) is 5.10 Å². The van der Waals surface area contributed by atoms with Crippen molar-refractivity contribution in [3.63, 3.8) is 0 Å². The lowest BCUT2D eigenvalue weighted by atomic mass is 10.0. The second-order valence-corrected chi connectivity index (χ2v) is 7.16. The van der Waals surface area contributed by atoms with Crippen LogP contribution >= 0.6 is 0 Å². The van der Waals surface area contributed by atoms with Crippen LogP contribution in [0.3, 0.4) is 0 Å². The maximum Gasteiger partial charge on any atom is 0.270 e. The van der Waals surface area contributed by atoms with Gasteiger partial charge in [0.2, 0.25) is 0 Å². The van der Waals surface area contributed by atoms with Crippen molar-refractivity contribution in [3.8, 4) is 16.9 Å². The molecule has 0 spiro atoms. The zero-order valence-electron chi connectivity index (χ0n) is 17.2. The van der Waals surface area contributed by atoms with Crippen molar-refractivity contribution in [2.24, 2.45) is 0 Å². The van der Waals surface area contributed by atoms with Gasteiger partial charge in [-0.25, -0.2) is 4.68 Å². The van der Waals surface area contributed by atoms with Gasteiger partial charge in [-0.15, -0.1) is 0 Å². The number of hydrogen-bond donors (Lipinski definition) is 1. The number of amides is 1. The van der Waals surface area contributed by atoms with Crippen LogP contribution in [0.15, 0.2) is 42.5 Å². The number of aryl methyl sites for hydroxylation is 4. The molecule has 0 saturated heterocycles. The summed E-state index contributed by atoms with van der Waals surface area (Å²) in [5.74, 6) is -0.167. The lowest BCUT2D eigenvalue weighted by Gasteiger charge is -2.11. The second kappa shape index (κ2) is 8.40. The van der Waals surface area contributed by atoms with Crippen LogP contribution in [0.1, 0.15) is 32.7 Å². The highest BCUT2D eigenvalue weighted by atomic mass is 16.5. The molecule has 0 saturated carbocycles. The molecule has 3 rings (SSSR count). The lowest BCUT2D eigenvalue weighted by Crippen LogP contribution is -2.29. The van der Waals surface area contributed by atoms with Gasteiger partial charge in [0.25, 0.3) is 5.91 Å². The number of nitrogens with zero attached hydrogens (tertiary/aromatic N) is 2. The molecule has 146 valence electrons. The normalized spacial score (nSPS) is 10.9. The summed E-state index contributed by atoms with van der Waals surface area (Å²) in [4.78, 5) is 12.8. The molecule has 0 fully saturated rings. The Morgan fingerprint density at radius 1 is 1.00 bits per heavy atom. The number of aromatic nitrogens is 2. The number of carbonyl (C=O) groups excluding carboxylic acids is 1. The van der Waals surface area contributed by atoms with Crippen molar-refractivity contribution in [2.45, 2.75) is 27.7 Å². The van der Waals surface area contributed by atoms with Crippen LogP contribution in [-0.2, 0) is 4.74 Å². The highest BCUT2D eigenvalue weighted by Crippen LogP contribution is 2.25. The Bertz CT molecular complexity index is 1010. The Labute approximate surface area is 166 Å². The molecule has 1 amide bonds. The summed E-state index contributed by atoms with van der Waals surface area (Å²) >= 11 is 0. The zero-order valence-corrected chi connectivity index (χ0v) is 17.2. The van der Waals surface area contributed by atoms with Crippen LogP contribution in [0, 0.1) is 27.7 Å². The smallest absolute Gasteiger partial charge is 0.270 e. The van der Waals surface area contributed by atoms with Crippen molar-refractivity contribution in [1.82, 2.24) is 15.1 Å². The zero-order chi connectivity index (χ0) is 20.3. The SMILES string of the molecule is COCCNC(=O)c1cc(-c2ccc(C)c(C)c2)nn1-c1ccc(C)cc1C. The molecule has 28 heavy (non-hydrogen) atoms. The van der Waals surface area contributed by atoms with Crippen LogP contribution in [0.5, 0.6) is 0 Å². The summed E-state index contributed by atoms with van der Waals surface area (Å²) in [6, 6.07) is 14.2. The van der Waals surface area contributed by atoms with Gasteiger partial charge in [-0.3, -0.25) is 4.79 Å². The van der Waals surface area contributed by atoms with E-state index in [9.17, 15) is 4.79 Å². The molecule has 3 aromatic rings. The van der Waals surface area contributed by atoms with Crippen LogP contribution in [0.25, 0.3) is 16.9 Å². The van der Waals surface area contributed by atoms with E-state index in [4.69, 9.17) is 9.84 Å². The van der Waals surface area contributed by atoms with Crippen LogP contribution < -0.4 is 5.32 Å². The minimum absolute atomic E-state index is 0.167. The van der Waals surface area contributed by atoms with Gasteiger partial charge >= 0.3 is 0 Å². The number of nitrogens with one attached hydrogen (secondary N) is 1. The Balaban J connectivity index is 2.08. The minimum atomic E-state index is -0.167. The standard InChI is InChI=1S/C23H27N3O2/c1-15-6-9-21(18(4)12-15)26-22(23(27)24-10-11-28-5)14-20(25-26)19-8-7-16(2)17(3)13-19/h6-9,12-14H,10-11H2,1-5H3,(H,24,27). The van der Waals surface area contributed by atoms with Crippen molar-refractivity contribution in [3.05, 3.63) is 70.4 Å². The third-order valence-electron chi connectivity index (χ3n) is 4.92. The van der Waals surface area contributed by atoms with E-state index in [1.807, 2.05) is 31.2 Å². The summed E-state index contributed by atoms with van der Waals surface area (Å²) in [5.41, 5.74) is 7.86. The van der Waals surface area contributed by atoms with Gasteiger partial charge in [-0.1, -0.05) is 29.8 Å². The molecular formula is C23H27N3O2. The first-order valence-corrected chi connectivity index (χ1v) is 9.43. The average molecular weight is 377 g/mol. The average Bonchev–Trinajstić information content (AvgIpc) is 3.09. The first-order chi connectivity index (χ1) is 13.4. The Kier molecular flexibility index (Phi) is 5.95. The lowest BCUT2D eigenvalue weighted by molar-refractivity contribution is 0.0929. The number of methoxy groups -OCH3 is 1. The van der Waals surface area contributed by atoms with E-state index in [1.54, 1.807) is 11.8 Å². The van der Waals surface area contributed by atoms with Crippen LogP contribution in [0.4, 0.5) is 0 Å². The molecule has 1 aromatic heterocycles. The minimum Gasteiger partial charge on any atom is -0.383 e. The monoisotopic (exact) mass is 377 g/mol. The molecule has 5 nitrogen and oxygen atoms in total. The van der Waals surface area contributed by atoms with Gasteiger partial charge < -0.3 is 10.1 Å². The maximum absolute atomic E-state index is 12.8. The van der Waals surface area contributed by atoms with Crippen LogP contribution in [0.2, 0.25) is 0 Å². The Hall–Kier alpha value is -2.92. The highest BCUT2D eigenvalue weighted by molar-refractivity contribution is 5.94. The summed E-state index contributed by atoms with van der Waals surface area (Å²) < 4.78 is 6.77. The molecule has 0 atom stereocenters. The van der Waals surface area contributed by atoms with Crippen molar-refractivity contribution in [1.29, 1.82) is 0 Å². The molecule has 0 unspecified atom stereocenters. The first kappa shape index (κ1) is 19.8. The second-order valence-electron chi connectivity index (χ2n) is 7.16. The fourth-order valence-electron chi connectivity index (χ4n) is 3.17. The first-order valence-electron chi connectivity index (χ1n) is 9.43. The van der Waals surface area contributed by atoms with E-state index in [-0.39, 0.29) is 5.91 Å². The summed E-state index contributed by atoms with van der Waals surface area (Å²) in [5, 5.41) is 7.69. The topological polar surface area (TPSA) is 56.1 Å². The van der Waals surface area contributed by atoms with Crippen molar-refractivity contribution in [2.75, 3.05) is 20.3 Å². The third-order valence-corrected chi connectivity index (χ3v) is 4.92. The largest absolute Gasteiger partial charge is 0.383 e. The van der Waals surface area contributed by atoms with E-state index in [1.165, 1.54) is 16.7 Å². The van der Waals surface area contributed by atoms with E-state index < -0.39 is 0 Å². The number of hydrogen-bond acceptors (Lipinski definition) is 3. The van der Waals surface area contributed by atoms with Crippen molar-refractivity contribution >= 4 is 5.91 Å². The van der Waals surface area contributed by atoms with Crippen LogP contribution in [-0.4, -0.2) is 35.9 Å². The summed E-state index contributed by atoms with van der Waals surface area (Å²) in [6.45, 7) is 9.17. The number of benzene rings is 2. The molecule has 2 aromatic carbocycles. The molecule has 0 aliphatic rings. The van der Waals surface area contributed by atoms with Gasteiger partial charge in [0.15, 0.2) is 0 Å². The molecule has 1 heterocycles. The molecule has 0 aliphatic carbocycles. The highest BCUT2D eigenvalue weighted by Gasteiger charge is 2.18. The van der Waals surface area contributed by atoms with Gasteiger partial charge in [0.1, 0.15) is 5.69 Å². The predicted octanol–water partition coefficient (Wildman–Crippen LogP) is 4.15. The quantitative estimate of drug-likeness (QED) is 0.657. The number of rotatable bonds is 6. The van der Waals surface area contributed by atoms with E-state index in [0.29, 0.717) is 18.8 Å². The van der Waals surface area contributed by atoms with E-state index >= 15 is 0 Å². The third kappa shape index (κ3) is 4.15. The molecule has 0 aliphatic heterocycles. The van der Waals surface area contributed by atoms with Gasteiger partial charge in [-0.05, 0) is 62.6 Å². The van der Waals surface area contributed by atoms with Gasteiger partial charge in [0, 0.05) is 19.2 Å². The Morgan fingerprint density at radius 2 is 1.79 bits per heavy atom. The molecule has 0 bridgehead atoms. The maximum atomic E-state index is 12.8. The van der Waals surface area contributed by atoms with E-state index in [2.05, 4.69) is 44.3 Å². The Morgan fingerprint density at radius 3 is 2.46 bits per heavy atom. The fraction of sp³-hybridized carbons (Fsp3) is 0.304. The van der Waals surface area contributed by atoms with E-state index in [0.717, 1.165) is 22.5 Å². The molecule has 0 radical (unpaired) electrons. The van der Waals surface area contributed by atoms with Crippen molar-refractivity contribution < 1.29 is 9.53 Å². The predicted molar refractivity (Wildman–Crippen MR) is 112 cm³/mol.